The van der Waals surface area contributed by atoms with E-state index in [4.69, 9.17) is 0 Å². The van der Waals surface area contributed by atoms with Crippen LogP contribution in [0.25, 0.3) is 11.1 Å². The van der Waals surface area contributed by atoms with E-state index in [9.17, 15) is 0 Å². The first-order valence-electron chi connectivity index (χ1n) is 7.03. The third kappa shape index (κ3) is 1.80. The van der Waals surface area contributed by atoms with Gasteiger partial charge in [0.05, 0.1) is 11.4 Å². The molecule has 0 amide bonds. The molecule has 2 aliphatic heterocycles. The average molecular weight is 260 g/mol. The van der Waals surface area contributed by atoms with Gasteiger partial charge >= 0.3 is 0 Å². The van der Waals surface area contributed by atoms with Gasteiger partial charge in [0.25, 0.3) is 0 Å². The fraction of sp³-hybridized carbons (Fsp3) is 0.222. The van der Waals surface area contributed by atoms with Gasteiger partial charge < -0.3 is 0 Å². The van der Waals surface area contributed by atoms with Gasteiger partial charge in [0, 0.05) is 24.3 Å². The van der Waals surface area contributed by atoms with E-state index in [-0.39, 0.29) is 0 Å². The first-order chi connectivity index (χ1) is 9.69. The van der Waals surface area contributed by atoms with Crippen LogP contribution in [0.4, 0.5) is 11.4 Å². The predicted molar refractivity (Wildman–Crippen MR) is 84.8 cm³/mol. The number of benzene rings is 2. The van der Waals surface area contributed by atoms with Crippen LogP contribution in [0.5, 0.6) is 0 Å². The van der Waals surface area contributed by atoms with Crippen molar-refractivity contribution in [1.29, 1.82) is 0 Å². The maximum Gasteiger partial charge on any atom is 0.0671 e. The number of aliphatic imine (C=N–C) groups is 2. The highest BCUT2D eigenvalue weighted by molar-refractivity contribution is 5.94. The molecule has 0 spiro atoms. The number of fused-ring (bicyclic) bond motifs is 2. The predicted octanol–water partition coefficient (Wildman–Crippen LogP) is 4.65. The van der Waals surface area contributed by atoms with Crippen LogP contribution in [-0.2, 0) is 12.8 Å². The SMILES string of the molecule is CC1=Nc2ccc(-c3ccc4c(c3)N=C(C)C4)cc2C1. The summed E-state index contributed by atoms with van der Waals surface area (Å²) >= 11 is 0. The molecule has 0 aromatic heterocycles. The van der Waals surface area contributed by atoms with Crippen LogP contribution in [0.3, 0.4) is 0 Å². The third-order valence-corrected chi connectivity index (χ3v) is 4.01. The van der Waals surface area contributed by atoms with Crippen LogP contribution in [-0.4, -0.2) is 11.4 Å². The smallest absolute Gasteiger partial charge is 0.0671 e. The van der Waals surface area contributed by atoms with E-state index < -0.39 is 0 Å². The minimum atomic E-state index is 0.978. The Morgan fingerprint density at radius 1 is 0.700 bits per heavy atom. The van der Waals surface area contributed by atoms with E-state index in [2.05, 4.69) is 60.2 Å². The molecule has 0 atom stereocenters. The van der Waals surface area contributed by atoms with Crippen molar-refractivity contribution in [3.8, 4) is 11.1 Å². The van der Waals surface area contributed by atoms with Crippen molar-refractivity contribution in [2.75, 3.05) is 0 Å². The lowest BCUT2D eigenvalue weighted by Gasteiger charge is -2.06. The molecule has 20 heavy (non-hydrogen) atoms. The molecule has 2 aliphatic rings. The summed E-state index contributed by atoms with van der Waals surface area (Å²) in [5, 5.41) is 0. The van der Waals surface area contributed by atoms with Gasteiger partial charge in [-0.25, -0.2) is 0 Å². The van der Waals surface area contributed by atoms with Crippen LogP contribution in [0.2, 0.25) is 0 Å². The van der Waals surface area contributed by atoms with Crippen molar-refractivity contribution in [3.63, 3.8) is 0 Å². The molecule has 4 rings (SSSR count). The Kier molecular flexibility index (Phi) is 2.40. The topological polar surface area (TPSA) is 24.7 Å². The molecule has 2 heteroatoms. The zero-order valence-electron chi connectivity index (χ0n) is 11.8. The summed E-state index contributed by atoms with van der Waals surface area (Å²) in [7, 11) is 0. The van der Waals surface area contributed by atoms with Crippen LogP contribution >= 0.6 is 0 Å². The van der Waals surface area contributed by atoms with Crippen LogP contribution in [0.15, 0.2) is 46.4 Å². The highest BCUT2D eigenvalue weighted by atomic mass is 14.8. The highest BCUT2D eigenvalue weighted by Crippen LogP contribution is 2.35. The van der Waals surface area contributed by atoms with Crippen LogP contribution in [0, 0.1) is 0 Å². The van der Waals surface area contributed by atoms with Crippen molar-refractivity contribution in [1.82, 2.24) is 0 Å². The molecule has 0 saturated carbocycles. The molecule has 0 aliphatic carbocycles. The van der Waals surface area contributed by atoms with Gasteiger partial charge in [-0.1, -0.05) is 18.2 Å². The first-order valence-corrected chi connectivity index (χ1v) is 7.03. The monoisotopic (exact) mass is 260 g/mol. The Hall–Kier alpha value is -2.22. The largest absolute Gasteiger partial charge is 0.257 e. The van der Waals surface area contributed by atoms with E-state index in [1.54, 1.807) is 0 Å². The molecule has 0 saturated heterocycles. The van der Waals surface area contributed by atoms with Gasteiger partial charge in [0.15, 0.2) is 0 Å². The number of rotatable bonds is 1. The molecule has 2 aromatic carbocycles. The molecule has 0 N–H and O–H groups in total. The fourth-order valence-electron chi connectivity index (χ4n) is 3.05. The Morgan fingerprint density at radius 2 is 1.35 bits per heavy atom. The average Bonchev–Trinajstić information content (AvgIpc) is 2.97. The van der Waals surface area contributed by atoms with Crippen molar-refractivity contribution in [2.45, 2.75) is 26.7 Å². The summed E-state index contributed by atoms with van der Waals surface area (Å²) in [6.07, 6.45) is 1.97. The summed E-state index contributed by atoms with van der Waals surface area (Å²) in [5.41, 5.74) is 9.84. The van der Waals surface area contributed by atoms with Gasteiger partial charge in [-0.3, -0.25) is 9.98 Å². The Labute approximate surface area is 118 Å². The maximum atomic E-state index is 4.62. The highest BCUT2D eigenvalue weighted by Gasteiger charge is 2.14. The maximum absolute atomic E-state index is 4.62. The lowest BCUT2D eigenvalue weighted by molar-refractivity contribution is 1.37. The minimum Gasteiger partial charge on any atom is -0.257 e. The molecule has 2 nitrogen and oxygen atoms in total. The van der Waals surface area contributed by atoms with E-state index in [1.807, 2.05) is 0 Å². The summed E-state index contributed by atoms with van der Waals surface area (Å²) in [6.45, 7) is 4.18. The second-order valence-electron chi connectivity index (χ2n) is 5.73. The van der Waals surface area contributed by atoms with Gasteiger partial charge in [0.1, 0.15) is 0 Å². The zero-order valence-corrected chi connectivity index (χ0v) is 11.8. The second-order valence-corrected chi connectivity index (χ2v) is 5.73. The number of nitrogens with zero attached hydrogens (tertiary/aromatic N) is 2. The van der Waals surface area contributed by atoms with Gasteiger partial charge in [-0.2, -0.15) is 0 Å². The molecule has 2 aromatic rings. The second kappa shape index (κ2) is 4.14. The van der Waals surface area contributed by atoms with Crippen molar-refractivity contribution < 1.29 is 0 Å². The van der Waals surface area contributed by atoms with Crippen molar-refractivity contribution in [3.05, 3.63) is 47.5 Å². The summed E-state index contributed by atoms with van der Waals surface area (Å²) < 4.78 is 0. The summed E-state index contributed by atoms with van der Waals surface area (Å²) in [6, 6.07) is 13.2. The van der Waals surface area contributed by atoms with E-state index in [0.717, 1.165) is 24.2 Å². The van der Waals surface area contributed by atoms with Crippen LogP contribution < -0.4 is 0 Å². The molecule has 2 heterocycles. The van der Waals surface area contributed by atoms with E-state index in [1.165, 1.54) is 33.7 Å². The number of hydrogen-bond donors (Lipinski definition) is 0. The van der Waals surface area contributed by atoms with Gasteiger partial charge in [-0.05, 0) is 54.3 Å². The minimum absolute atomic E-state index is 0.978. The third-order valence-electron chi connectivity index (χ3n) is 4.01. The van der Waals surface area contributed by atoms with Crippen molar-refractivity contribution >= 4 is 22.8 Å². The summed E-state index contributed by atoms with van der Waals surface area (Å²) in [5.74, 6) is 0. The standard InChI is InChI=1S/C18H16N2/c1-11-7-15-4-3-14(10-18(15)20-11)13-5-6-17-16(9-13)8-12(2)19-17/h3-6,9-10H,7-8H2,1-2H3. The van der Waals surface area contributed by atoms with Gasteiger partial charge in [-0.15, -0.1) is 0 Å². The molecule has 0 fully saturated rings. The zero-order chi connectivity index (χ0) is 13.7. The Morgan fingerprint density at radius 3 is 2.20 bits per heavy atom. The van der Waals surface area contributed by atoms with Gasteiger partial charge in [0.2, 0.25) is 0 Å². The molecule has 0 unspecified atom stereocenters. The van der Waals surface area contributed by atoms with Crippen LogP contribution in [0.1, 0.15) is 25.0 Å². The molecule has 0 radical (unpaired) electrons. The number of hydrogen-bond acceptors (Lipinski definition) is 2. The molecule has 98 valence electrons. The van der Waals surface area contributed by atoms with E-state index >= 15 is 0 Å². The Balaban J connectivity index is 1.77. The van der Waals surface area contributed by atoms with Crippen molar-refractivity contribution in [2.24, 2.45) is 9.98 Å². The molecule has 0 bridgehead atoms. The first kappa shape index (κ1) is 11.6. The molecular weight excluding hydrogens is 244 g/mol. The summed E-state index contributed by atoms with van der Waals surface area (Å²) in [4.78, 5) is 9.17. The Bertz CT molecular complexity index is 782. The lowest BCUT2D eigenvalue weighted by Crippen LogP contribution is -1.90. The molecular formula is C18H16N2. The lowest BCUT2D eigenvalue weighted by atomic mass is 9.99. The fourth-order valence-corrected chi connectivity index (χ4v) is 3.05. The quantitative estimate of drug-likeness (QED) is 0.713. The van der Waals surface area contributed by atoms with E-state index in [0.29, 0.717) is 0 Å². The normalized spacial score (nSPS) is 15.7.